The first-order valence-electron chi connectivity index (χ1n) is 11.2. The highest BCUT2D eigenvalue weighted by Gasteiger charge is 3.05. The average Bonchev–Trinajstić information content (AvgIpc) is 2.90. The van der Waals surface area contributed by atoms with Crippen LogP contribution in [0.5, 0.6) is 0 Å². The van der Waals surface area contributed by atoms with E-state index in [0.29, 0.717) is 13.2 Å². The molecule has 5 aliphatic rings. The van der Waals surface area contributed by atoms with Crippen molar-refractivity contribution in [3.8, 4) is 0 Å². The van der Waals surface area contributed by atoms with Crippen LogP contribution < -0.4 is 0 Å². The lowest BCUT2D eigenvalue weighted by Gasteiger charge is -2.44. The van der Waals surface area contributed by atoms with Crippen LogP contribution in [0.4, 0.5) is 0 Å². The summed E-state index contributed by atoms with van der Waals surface area (Å²) < 4.78 is 11.2. The molecule has 31 heavy (non-hydrogen) atoms. The zero-order valence-corrected chi connectivity index (χ0v) is 24.3. The molecular formula is C23H37O4P3S. The van der Waals surface area contributed by atoms with Gasteiger partial charge in [0.2, 0.25) is 0 Å². The minimum absolute atomic E-state index is 0.0157. The fourth-order valence-corrected chi connectivity index (χ4v) is 39.0. The second-order valence-corrected chi connectivity index (χ2v) is 22.8. The van der Waals surface area contributed by atoms with Crippen LogP contribution >= 0.6 is 34.3 Å². The first-order chi connectivity index (χ1) is 14.0. The number of hydrogen-bond acceptors (Lipinski definition) is 5. The van der Waals surface area contributed by atoms with E-state index in [1.807, 2.05) is 13.8 Å². The standard InChI is InChI=1S/C23H37O4P3S/c1-12-26-16(24)14-15(17(25)27-13-2)29-22(19(6,7)8)21(18(3,4)5)28(14)23(29,20(9,10)11)31-30(21)22/h12-13H2,1-11H3. The van der Waals surface area contributed by atoms with Gasteiger partial charge in [-0.15, -0.1) is 11.4 Å². The Balaban J connectivity index is 2.10. The Labute approximate surface area is 195 Å². The van der Waals surface area contributed by atoms with E-state index in [-0.39, 0.29) is 49.3 Å². The van der Waals surface area contributed by atoms with Crippen LogP contribution in [0.2, 0.25) is 0 Å². The number of esters is 2. The van der Waals surface area contributed by atoms with Crippen molar-refractivity contribution in [1.29, 1.82) is 0 Å². The predicted molar refractivity (Wildman–Crippen MR) is 135 cm³/mol. The van der Waals surface area contributed by atoms with Crippen LogP contribution in [0.1, 0.15) is 76.2 Å². The summed E-state index contributed by atoms with van der Waals surface area (Å²) in [4.78, 5) is 27.3. The van der Waals surface area contributed by atoms with Crippen LogP contribution in [-0.2, 0) is 19.1 Å². The van der Waals surface area contributed by atoms with Gasteiger partial charge in [-0.3, -0.25) is 0 Å². The second kappa shape index (κ2) is 6.71. The van der Waals surface area contributed by atoms with Gasteiger partial charge >= 0.3 is 11.9 Å². The van der Waals surface area contributed by atoms with Crippen LogP contribution in [0.25, 0.3) is 0 Å². The summed E-state index contributed by atoms with van der Waals surface area (Å²) in [6.45, 7) is 25.6. The van der Waals surface area contributed by atoms with Gasteiger partial charge in [-0.2, -0.15) is 0 Å². The number of carbonyl (C=O) groups is 2. The lowest BCUT2D eigenvalue weighted by molar-refractivity contribution is -0.140. The minimum atomic E-state index is -0.873. The zero-order chi connectivity index (χ0) is 23.6. The third-order valence-electron chi connectivity index (χ3n) is 7.17. The van der Waals surface area contributed by atoms with Crippen LogP contribution in [0, 0.1) is 16.2 Å². The molecule has 0 aromatic heterocycles. The van der Waals surface area contributed by atoms with Crippen molar-refractivity contribution < 1.29 is 19.1 Å². The summed E-state index contributed by atoms with van der Waals surface area (Å²) in [5.41, 5.74) is 0.109. The summed E-state index contributed by atoms with van der Waals surface area (Å²) in [6, 6.07) is 0. The lowest BCUT2D eigenvalue weighted by Crippen LogP contribution is -2.42. The number of rotatable bonds is 4. The van der Waals surface area contributed by atoms with Gasteiger partial charge in [0.15, 0.2) is 0 Å². The van der Waals surface area contributed by atoms with Crippen LogP contribution in [0.15, 0.2) is 10.6 Å². The summed E-state index contributed by atoms with van der Waals surface area (Å²) >= 11 is 2.20. The summed E-state index contributed by atoms with van der Waals surface area (Å²) in [5.74, 6) is -0.517. The SMILES string of the molecule is CCOC(=O)C1=C(C(=O)OCC)P2C3(C(C)(C)C)SP4C(C(C)(C)C)(P13)C24C(C)(C)C. The Morgan fingerprint density at radius 1 is 0.742 bits per heavy atom. The van der Waals surface area contributed by atoms with Crippen LogP contribution in [-0.4, -0.2) is 39.2 Å². The smallest absolute Gasteiger partial charge is 0.339 e. The van der Waals surface area contributed by atoms with E-state index in [4.69, 9.17) is 9.47 Å². The molecule has 0 aromatic carbocycles. The van der Waals surface area contributed by atoms with Gasteiger partial charge in [-0.1, -0.05) is 62.3 Å². The number of carbonyl (C=O) groups excluding carboxylic acids is 2. The topological polar surface area (TPSA) is 52.6 Å². The molecule has 5 rings (SSSR count). The van der Waals surface area contributed by atoms with Gasteiger partial charge in [-0.05, 0) is 53.1 Å². The highest BCUT2D eigenvalue weighted by Crippen LogP contribution is 3.31. The molecule has 5 heterocycles. The highest BCUT2D eigenvalue weighted by atomic mass is 32.7. The molecule has 4 saturated heterocycles. The van der Waals surface area contributed by atoms with Crippen molar-refractivity contribution in [3.63, 3.8) is 0 Å². The molecule has 4 nitrogen and oxygen atoms in total. The molecule has 6 bridgehead atoms. The molecule has 8 heteroatoms. The van der Waals surface area contributed by atoms with Gasteiger partial charge in [0.05, 0.1) is 28.1 Å². The third-order valence-corrected chi connectivity index (χ3v) is 29.4. The first kappa shape index (κ1) is 24.4. The molecule has 0 amide bonds. The summed E-state index contributed by atoms with van der Waals surface area (Å²) in [7, 11) is -2.11. The molecule has 0 N–H and O–H groups in total. The largest absolute Gasteiger partial charge is 0.462 e. The van der Waals surface area contributed by atoms with Crippen molar-refractivity contribution in [2.45, 2.75) is 90.2 Å². The monoisotopic (exact) mass is 502 g/mol. The number of hydrogen-bond donors (Lipinski definition) is 0. The van der Waals surface area contributed by atoms with Gasteiger partial charge in [-0.25, -0.2) is 9.59 Å². The van der Waals surface area contributed by atoms with E-state index >= 15 is 0 Å². The Kier molecular flexibility index (Phi) is 5.29. The molecule has 0 spiro atoms. The van der Waals surface area contributed by atoms with E-state index in [1.54, 1.807) is 0 Å². The van der Waals surface area contributed by atoms with Gasteiger partial charge in [0.25, 0.3) is 0 Å². The average molecular weight is 503 g/mol. The minimum Gasteiger partial charge on any atom is -0.462 e. The molecule has 4 atom stereocenters. The third kappa shape index (κ3) is 2.37. The summed E-state index contributed by atoms with van der Waals surface area (Å²) in [5, 5.41) is 1.47. The normalized spacial score (nSPS) is 40.4. The number of ether oxygens (including phenoxy) is 2. The maximum Gasteiger partial charge on any atom is 0.339 e. The second-order valence-electron chi connectivity index (χ2n) is 11.9. The zero-order valence-electron chi connectivity index (χ0n) is 20.8. The molecule has 4 fully saturated rings. The predicted octanol–water partition coefficient (Wildman–Crippen LogP) is 7.66. The van der Waals surface area contributed by atoms with Gasteiger partial charge in [0, 0.05) is 9.79 Å². The maximum absolute atomic E-state index is 13.5. The molecule has 0 aromatic rings. The lowest BCUT2D eigenvalue weighted by atomic mass is 9.80. The molecule has 4 unspecified atom stereocenters. The van der Waals surface area contributed by atoms with Crippen molar-refractivity contribution >= 4 is 46.3 Å². The fourth-order valence-electron chi connectivity index (χ4n) is 6.43. The van der Waals surface area contributed by atoms with Crippen molar-refractivity contribution in [1.82, 2.24) is 0 Å². The molecule has 0 saturated carbocycles. The van der Waals surface area contributed by atoms with Crippen molar-refractivity contribution in [2.24, 2.45) is 16.2 Å². The Hall–Kier alpha value is 0.320. The molecule has 0 aliphatic carbocycles. The van der Waals surface area contributed by atoms with E-state index in [2.05, 4.69) is 73.7 Å². The van der Waals surface area contributed by atoms with E-state index in [0.717, 1.165) is 10.6 Å². The van der Waals surface area contributed by atoms with Crippen molar-refractivity contribution in [3.05, 3.63) is 10.6 Å². The molecule has 5 aliphatic heterocycles. The fraction of sp³-hybridized carbons (Fsp3) is 0.826. The van der Waals surface area contributed by atoms with Crippen LogP contribution in [0.3, 0.4) is 0 Å². The quantitative estimate of drug-likeness (QED) is 0.292. The van der Waals surface area contributed by atoms with E-state index in [9.17, 15) is 9.59 Å². The first-order valence-corrected chi connectivity index (χ1v) is 16.7. The Morgan fingerprint density at radius 3 is 1.35 bits per heavy atom. The van der Waals surface area contributed by atoms with Crippen molar-refractivity contribution in [2.75, 3.05) is 13.2 Å². The Bertz CT molecular complexity index is 834. The maximum atomic E-state index is 13.5. The Morgan fingerprint density at radius 2 is 1.10 bits per heavy atom. The summed E-state index contributed by atoms with van der Waals surface area (Å²) in [6.07, 6.45) is 0. The molecular weight excluding hydrogens is 465 g/mol. The highest BCUT2D eigenvalue weighted by molar-refractivity contribution is 8.72. The molecule has 174 valence electrons. The molecule has 0 radical (unpaired) electrons. The van der Waals surface area contributed by atoms with Gasteiger partial charge in [0.1, 0.15) is 0 Å². The van der Waals surface area contributed by atoms with Gasteiger partial charge < -0.3 is 9.47 Å². The van der Waals surface area contributed by atoms with E-state index < -0.39 is 15.8 Å². The van der Waals surface area contributed by atoms with E-state index in [1.165, 1.54) is 0 Å².